The molecular weight excluding hydrogens is 528 g/mol. The van der Waals surface area contributed by atoms with E-state index in [9.17, 15) is 0 Å². The summed E-state index contributed by atoms with van der Waals surface area (Å²) in [6.07, 6.45) is 32.2. The Hall–Kier alpha value is 0. The molecule has 0 rings (SSSR count). The van der Waals surface area contributed by atoms with E-state index in [0.29, 0.717) is 0 Å². The summed E-state index contributed by atoms with van der Waals surface area (Å²) >= 11 is 0. The summed E-state index contributed by atoms with van der Waals surface area (Å²) in [4.78, 5) is 0. The van der Waals surface area contributed by atoms with Gasteiger partial charge >= 0.3 is 0 Å². The molecular formula is C44H108. The number of hydrogen-bond donors (Lipinski definition) is 0. The lowest BCUT2D eigenvalue weighted by atomic mass is 10.3. The van der Waals surface area contributed by atoms with Gasteiger partial charge in [-0.1, -0.05) is 293 Å². The van der Waals surface area contributed by atoms with Crippen molar-refractivity contribution in [3.63, 3.8) is 0 Å². The van der Waals surface area contributed by atoms with E-state index in [-0.39, 0.29) is 0 Å². The van der Waals surface area contributed by atoms with E-state index in [0.717, 1.165) is 0 Å². The third-order valence-electron chi connectivity index (χ3n) is 5.54. The Balaban J connectivity index is -0.0000000366. The number of hydrogen-bond acceptors (Lipinski definition) is 0. The van der Waals surface area contributed by atoms with Crippen molar-refractivity contribution in [2.75, 3.05) is 0 Å². The zero-order valence-corrected chi connectivity index (χ0v) is 37.0. The highest BCUT2D eigenvalue weighted by Gasteiger charge is 1.70. The average Bonchev–Trinajstić information content (AvgIpc) is 3.05. The Morgan fingerprint density at radius 2 is 0.205 bits per heavy atom. The van der Waals surface area contributed by atoms with Crippen LogP contribution in [0, 0.1) is 0 Å². The van der Waals surface area contributed by atoms with Crippen LogP contribution in [-0.2, 0) is 0 Å². The average molecular weight is 637 g/mol. The lowest BCUT2D eigenvalue weighted by molar-refractivity contribution is 0.772. The topological polar surface area (TPSA) is 0 Å². The maximum Gasteiger partial charge on any atom is -0.0538 e. The van der Waals surface area contributed by atoms with Gasteiger partial charge in [0.1, 0.15) is 0 Å². The molecule has 0 aromatic carbocycles. The molecule has 0 saturated heterocycles. The van der Waals surface area contributed by atoms with E-state index in [1.807, 2.05) is 0 Å². The molecule has 0 unspecified atom stereocenters. The Morgan fingerprint density at radius 1 is 0.136 bits per heavy atom. The molecule has 0 aromatic rings. The first-order valence-electron chi connectivity index (χ1n) is 21.1. The van der Waals surface area contributed by atoms with Crippen molar-refractivity contribution >= 4 is 0 Å². The minimum absolute atomic E-state index is 1.25. The fraction of sp³-hybridized carbons (Fsp3) is 1.00. The SMILES string of the molecule is CCC.CCCC.CCCC.CCCC.CCCC.CCCCC.CCCCC.CCCCC.CCCCC.CCCCC. The van der Waals surface area contributed by atoms with Gasteiger partial charge in [0.05, 0.1) is 0 Å². The molecule has 0 aliphatic heterocycles. The van der Waals surface area contributed by atoms with E-state index >= 15 is 0 Å². The van der Waals surface area contributed by atoms with Crippen molar-refractivity contribution in [3.05, 3.63) is 0 Å². The first-order valence-corrected chi connectivity index (χ1v) is 21.1. The highest BCUT2D eigenvalue weighted by atomic mass is 13.8. The standard InChI is InChI=1S/5C5H12.4C4H10.C3H8/c5*1-3-5-4-2;4*1-3-4-2;1-3-2/h5*3-5H2,1-2H3;4*3-4H2,1-2H3;3H2,1-2H3. The van der Waals surface area contributed by atoms with Crippen molar-refractivity contribution in [3.8, 4) is 0 Å². The normalized spacial score (nSPS) is 7.91. The summed E-state index contributed by atoms with van der Waals surface area (Å²) in [7, 11) is 0. The van der Waals surface area contributed by atoms with Crippen LogP contribution in [-0.4, -0.2) is 0 Å². The zero-order valence-electron chi connectivity index (χ0n) is 37.0. The predicted molar refractivity (Wildman–Crippen MR) is 224 cm³/mol. The molecule has 0 N–H and O–H groups in total. The van der Waals surface area contributed by atoms with Crippen LogP contribution in [0.2, 0.25) is 0 Å². The highest BCUT2D eigenvalue weighted by Crippen LogP contribution is 1.90. The third-order valence-corrected chi connectivity index (χ3v) is 5.54. The molecule has 0 bridgehead atoms. The Morgan fingerprint density at radius 3 is 0.205 bits per heavy atom. The van der Waals surface area contributed by atoms with Gasteiger partial charge in [-0.25, -0.2) is 0 Å². The molecule has 0 spiro atoms. The van der Waals surface area contributed by atoms with Crippen LogP contribution in [0.4, 0.5) is 0 Å². The monoisotopic (exact) mass is 637 g/mol. The van der Waals surface area contributed by atoms with E-state index < -0.39 is 0 Å². The molecule has 0 saturated carbocycles. The van der Waals surface area contributed by atoms with Gasteiger partial charge in [-0.2, -0.15) is 0 Å². The largest absolute Gasteiger partial charge is 0.0656 e. The summed E-state index contributed by atoms with van der Waals surface area (Å²) < 4.78 is 0. The maximum atomic E-state index is 2.21. The molecule has 0 fully saturated rings. The van der Waals surface area contributed by atoms with E-state index in [4.69, 9.17) is 0 Å². The summed E-state index contributed by atoms with van der Waals surface area (Å²) in [6, 6.07) is 0. The van der Waals surface area contributed by atoms with Gasteiger partial charge in [0.15, 0.2) is 0 Å². The van der Waals surface area contributed by atoms with Crippen molar-refractivity contribution < 1.29 is 0 Å². The summed E-state index contributed by atoms with van der Waals surface area (Å²) in [6.45, 7) is 43.8. The van der Waals surface area contributed by atoms with Gasteiger partial charge in [-0.15, -0.1) is 0 Å². The second-order valence-electron chi connectivity index (χ2n) is 11.5. The molecule has 0 heteroatoms. The molecule has 0 atom stereocenters. The molecule has 284 valence electrons. The lowest BCUT2D eigenvalue weighted by Crippen LogP contribution is -1.59. The molecule has 44 heavy (non-hydrogen) atoms. The smallest absolute Gasteiger partial charge is 0.0538 e. The lowest BCUT2D eigenvalue weighted by Gasteiger charge is -1.79. The van der Waals surface area contributed by atoms with Gasteiger partial charge in [0, 0.05) is 0 Å². The molecule has 0 aromatic heterocycles. The Kier molecular flexibility index (Phi) is 211. The van der Waals surface area contributed by atoms with Crippen molar-refractivity contribution in [2.45, 2.75) is 293 Å². The Bertz CT molecular complexity index is 151. The van der Waals surface area contributed by atoms with Gasteiger partial charge in [0.2, 0.25) is 0 Å². The van der Waals surface area contributed by atoms with Crippen molar-refractivity contribution in [1.29, 1.82) is 0 Å². The fourth-order valence-corrected chi connectivity index (χ4v) is 1.77. The van der Waals surface area contributed by atoms with Crippen LogP contribution in [0.15, 0.2) is 0 Å². The molecule has 0 heterocycles. The Labute approximate surface area is 291 Å². The second kappa shape index (κ2) is 132. The van der Waals surface area contributed by atoms with Crippen LogP contribution in [0.25, 0.3) is 0 Å². The van der Waals surface area contributed by atoms with Crippen LogP contribution in [0.3, 0.4) is 0 Å². The minimum Gasteiger partial charge on any atom is -0.0656 e. The highest BCUT2D eigenvalue weighted by molar-refractivity contribution is 4.26. The van der Waals surface area contributed by atoms with E-state index in [2.05, 4.69) is 138 Å². The van der Waals surface area contributed by atoms with Gasteiger partial charge in [-0.05, 0) is 0 Å². The number of unbranched alkanes of at least 4 members (excludes halogenated alkanes) is 14. The second-order valence-corrected chi connectivity index (χ2v) is 11.5. The first-order chi connectivity index (χ1) is 21.1. The minimum atomic E-state index is 1.25. The summed E-state index contributed by atoms with van der Waals surface area (Å²) in [5, 5.41) is 0. The molecule has 0 aliphatic carbocycles. The maximum absolute atomic E-state index is 2.21. The molecule has 0 nitrogen and oxygen atoms in total. The fourth-order valence-electron chi connectivity index (χ4n) is 1.77. The van der Waals surface area contributed by atoms with E-state index in [1.54, 1.807) is 0 Å². The first kappa shape index (κ1) is 70.4. The van der Waals surface area contributed by atoms with E-state index in [1.165, 1.54) is 154 Å². The van der Waals surface area contributed by atoms with Crippen molar-refractivity contribution in [1.82, 2.24) is 0 Å². The summed E-state index contributed by atoms with van der Waals surface area (Å²) in [5.74, 6) is 0. The molecule has 0 amide bonds. The summed E-state index contributed by atoms with van der Waals surface area (Å²) in [5.41, 5.74) is 0. The van der Waals surface area contributed by atoms with Gasteiger partial charge < -0.3 is 0 Å². The van der Waals surface area contributed by atoms with Crippen LogP contribution in [0.5, 0.6) is 0 Å². The van der Waals surface area contributed by atoms with Gasteiger partial charge in [0.25, 0.3) is 0 Å². The van der Waals surface area contributed by atoms with Crippen LogP contribution in [0.1, 0.15) is 293 Å². The quantitative estimate of drug-likeness (QED) is 0.178. The van der Waals surface area contributed by atoms with Gasteiger partial charge in [-0.3, -0.25) is 0 Å². The van der Waals surface area contributed by atoms with Crippen LogP contribution < -0.4 is 0 Å². The molecule has 0 radical (unpaired) electrons. The number of rotatable bonds is 14. The predicted octanol–water partition coefficient (Wildman–Crippen LogP) is 19.6. The van der Waals surface area contributed by atoms with Crippen LogP contribution >= 0.6 is 0 Å². The third kappa shape index (κ3) is 360. The molecule has 0 aliphatic rings. The zero-order chi connectivity index (χ0) is 37.0. The van der Waals surface area contributed by atoms with Crippen molar-refractivity contribution in [2.24, 2.45) is 0 Å².